The average molecular weight is 430 g/mol. The molecule has 2 aliphatic rings. The molecule has 0 radical (unpaired) electrons. The molecule has 2 aromatic rings. The second-order valence-electron chi connectivity index (χ2n) is 7.80. The summed E-state index contributed by atoms with van der Waals surface area (Å²) >= 11 is 5.91. The molecule has 1 aliphatic carbocycles. The van der Waals surface area contributed by atoms with Gasteiger partial charge in [0.05, 0.1) is 0 Å². The zero-order valence-corrected chi connectivity index (χ0v) is 17.2. The molecule has 4 amide bonds. The van der Waals surface area contributed by atoms with Gasteiger partial charge < -0.3 is 10.2 Å². The smallest absolute Gasteiger partial charge is 0.325 e. The number of imide groups is 1. The molecule has 4 rings (SSSR count). The third-order valence-electron chi connectivity index (χ3n) is 5.60. The summed E-state index contributed by atoms with van der Waals surface area (Å²) in [5, 5.41) is 3.19. The molecule has 1 N–H and O–H groups in total. The number of nitrogens with zero attached hydrogens (tertiary/aromatic N) is 2. The summed E-state index contributed by atoms with van der Waals surface area (Å²) in [5.41, 5.74) is -0.302. The topological polar surface area (TPSA) is 69.7 Å². The van der Waals surface area contributed by atoms with E-state index in [2.05, 4.69) is 5.32 Å². The van der Waals surface area contributed by atoms with Gasteiger partial charge in [0.25, 0.3) is 5.91 Å². The molecule has 1 atom stereocenters. The van der Waals surface area contributed by atoms with Crippen LogP contribution in [-0.2, 0) is 21.7 Å². The first-order chi connectivity index (χ1) is 14.3. The number of hydrogen-bond donors (Lipinski definition) is 1. The van der Waals surface area contributed by atoms with Gasteiger partial charge in [-0.3, -0.25) is 14.5 Å². The molecule has 0 spiro atoms. The first kappa shape index (κ1) is 20.3. The van der Waals surface area contributed by atoms with E-state index in [1.165, 1.54) is 6.07 Å². The van der Waals surface area contributed by atoms with Crippen LogP contribution in [0.3, 0.4) is 0 Å². The maximum Gasteiger partial charge on any atom is 0.325 e. The molecule has 1 saturated carbocycles. The largest absolute Gasteiger partial charge is 0.334 e. The Morgan fingerprint density at radius 3 is 2.50 bits per heavy atom. The van der Waals surface area contributed by atoms with E-state index in [1.807, 2.05) is 0 Å². The predicted octanol–water partition coefficient (Wildman–Crippen LogP) is 3.44. The number of benzene rings is 2. The highest BCUT2D eigenvalue weighted by atomic mass is 35.5. The van der Waals surface area contributed by atoms with Crippen molar-refractivity contribution in [2.24, 2.45) is 0 Å². The molecule has 2 aromatic carbocycles. The SMILES string of the molecule is CC1(c2ccc(Cl)cc2)NC(=O)N(CC(=O)N(Cc2ccccc2F)C2CC2)C1=O. The first-order valence-electron chi connectivity index (χ1n) is 9.72. The lowest BCUT2D eigenvalue weighted by Gasteiger charge is -2.25. The van der Waals surface area contributed by atoms with Gasteiger partial charge in [-0.05, 0) is 43.5 Å². The summed E-state index contributed by atoms with van der Waals surface area (Å²) < 4.78 is 14.1. The molecule has 0 aromatic heterocycles. The standard InChI is InChI=1S/C22H21ClFN3O3/c1-22(15-6-8-16(23)9-7-15)20(29)27(21(30)25-22)13-19(28)26(17-10-11-17)12-14-4-2-3-5-18(14)24/h2-9,17H,10-13H2,1H3,(H,25,30). The summed E-state index contributed by atoms with van der Waals surface area (Å²) in [4.78, 5) is 41.1. The van der Waals surface area contributed by atoms with Crippen LogP contribution in [-0.4, -0.2) is 40.2 Å². The maximum absolute atomic E-state index is 14.1. The molecular formula is C22H21ClFN3O3. The van der Waals surface area contributed by atoms with Crippen molar-refractivity contribution in [3.8, 4) is 0 Å². The third-order valence-corrected chi connectivity index (χ3v) is 5.85. The number of carbonyl (C=O) groups excluding carboxylic acids is 3. The highest BCUT2D eigenvalue weighted by molar-refractivity contribution is 6.30. The highest BCUT2D eigenvalue weighted by Crippen LogP contribution is 2.32. The molecular weight excluding hydrogens is 409 g/mol. The monoisotopic (exact) mass is 429 g/mol. The summed E-state index contributed by atoms with van der Waals surface area (Å²) in [7, 11) is 0. The van der Waals surface area contributed by atoms with E-state index >= 15 is 0 Å². The fourth-order valence-corrected chi connectivity index (χ4v) is 3.79. The molecule has 0 bridgehead atoms. The maximum atomic E-state index is 14.1. The van der Waals surface area contributed by atoms with E-state index in [0.29, 0.717) is 16.1 Å². The van der Waals surface area contributed by atoms with Gasteiger partial charge in [0.2, 0.25) is 5.91 Å². The second-order valence-corrected chi connectivity index (χ2v) is 8.23. The molecule has 2 fully saturated rings. The van der Waals surface area contributed by atoms with E-state index in [-0.39, 0.29) is 24.3 Å². The number of hydrogen-bond acceptors (Lipinski definition) is 3. The Morgan fingerprint density at radius 1 is 1.20 bits per heavy atom. The van der Waals surface area contributed by atoms with Gasteiger partial charge in [-0.15, -0.1) is 0 Å². The molecule has 1 heterocycles. The summed E-state index contributed by atoms with van der Waals surface area (Å²) in [6.45, 7) is 1.31. The van der Waals surface area contributed by atoms with Gasteiger partial charge in [0, 0.05) is 23.2 Å². The second kappa shape index (κ2) is 7.72. The normalized spacial score (nSPS) is 21.0. The zero-order chi connectivity index (χ0) is 21.5. The van der Waals surface area contributed by atoms with E-state index in [9.17, 15) is 18.8 Å². The van der Waals surface area contributed by atoms with Crippen LogP contribution in [0.2, 0.25) is 5.02 Å². The van der Waals surface area contributed by atoms with Gasteiger partial charge in [0.1, 0.15) is 17.9 Å². The van der Waals surface area contributed by atoms with Crippen LogP contribution < -0.4 is 5.32 Å². The summed E-state index contributed by atoms with van der Waals surface area (Å²) in [6.07, 6.45) is 1.64. The lowest BCUT2D eigenvalue weighted by atomic mass is 9.92. The highest BCUT2D eigenvalue weighted by Gasteiger charge is 2.50. The van der Waals surface area contributed by atoms with Crippen molar-refractivity contribution in [1.82, 2.24) is 15.1 Å². The Kier molecular flexibility index (Phi) is 5.24. The molecule has 8 heteroatoms. The van der Waals surface area contributed by atoms with Crippen LogP contribution in [0.4, 0.5) is 9.18 Å². The lowest BCUT2D eigenvalue weighted by Crippen LogP contribution is -2.45. The van der Waals surface area contributed by atoms with Crippen molar-refractivity contribution in [2.45, 2.75) is 37.9 Å². The summed E-state index contributed by atoms with van der Waals surface area (Å²) in [5.74, 6) is -1.28. The van der Waals surface area contributed by atoms with Gasteiger partial charge >= 0.3 is 6.03 Å². The van der Waals surface area contributed by atoms with Crippen molar-refractivity contribution in [3.63, 3.8) is 0 Å². The van der Waals surface area contributed by atoms with E-state index < -0.39 is 24.0 Å². The first-order valence-corrected chi connectivity index (χ1v) is 10.1. The quantitative estimate of drug-likeness (QED) is 0.715. The molecule has 30 heavy (non-hydrogen) atoms. The number of halogens is 2. The van der Waals surface area contributed by atoms with Crippen molar-refractivity contribution in [1.29, 1.82) is 0 Å². The Bertz CT molecular complexity index is 1010. The van der Waals surface area contributed by atoms with Gasteiger partial charge in [-0.25, -0.2) is 9.18 Å². The van der Waals surface area contributed by atoms with Gasteiger partial charge in [-0.2, -0.15) is 0 Å². The molecule has 156 valence electrons. The van der Waals surface area contributed by atoms with Crippen molar-refractivity contribution in [3.05, 3.63) is 70.5 Å². The van der Waals surface area contributed by atoms with Crippen LogP contribution >= 0.6 is 11.6 Å². The number of urea groups is 1. The Labute approximate surface area is 178 Å². The number of nitrogens with one attached hydrogen (secondary N) is 1. The van der Waals surface area contributed by atoms with Crippen LogP contribution in [0.15, 0.2) is 48.5 Å². The lowest BCUT2D eigenvalue weighted by molar-refractivity contribution is -0.139. The van der Waals surface area contributed by atoms with Crippen LogP contribution in [0.1, 0.15) is 30.9 Å². The van der Waals surface area contributed by atoms with E-state index in [0.717, 1.165) is 17.7 Å². The fourth-order valence-electron chi connectivity index (χ4n) is 3.66. The molecule has 1 aliphatic heterocycles. The molecule has 1 unspecified atom stereocenters. The minimum Gasteiger partial charge on any atom is -0.334 e. The van der Waals surface area contributed by atoms with Crippen LogP contribution in [0, 0.1) is 5.82 Å². The zero-order valence-electron chi connectivity index (χ0n) is 16.4. The van der Waals surface area contributed by atoms with Crippen molar-refractivity contribution in [2.75, 3.05) is 6.54 Å². The van der Waals surface area contributed by atoms with Gasteiger partial charge in [-0.1, -0.05) is 41.9 Å². The minimum atomic E-state index is -1.28. The number of carbonyl (C=O) groups is 3. The predicted molar refractivity (Wildman–Crippen MR) is 109 cm³/mol. The van der Waals surface area contributed by atoms with Crippen LogP contribution in [0.25, 0.3) is 0 Å². The van der Waals surface area contributed by atoms with E-state index in [4.69, 9.17) is 11.6 Å². The molecule has 1 saturated heterocycles. The third kappa shape index (κ3) is 3.77. The van der Waals surface area contributed by atoms with Crippen molar-refractivity contribution >= 4 is 29.4 Å². The molecule has 6 nitrogen and oxygen atoms in total. The van der Waals surface area contributed by atoms with Crippen molar-refractivity contribution < 1.29 is 18.8 Å². The Morgan fingerprint density at radius 2 is 1.87 bits per heavy atom. The number of rotatable bonds is 6. The van der Waals surface area contributed by atoms with Gasteiger partial charge in [0.15, 0.2) is 0 Å². The summed E-state index contributed by atoms with van der Waals surface area (Å²) in [6, 6.07) is 12.3. The number of amides is 4. The fraction of sp³-hybridized carbons (Fsp3) is 0.318. The Hall–Kier alpha value is -2.93. The van der Waals surface area contributed by atoms with E-state index in [1.54, 1.807) is 54.3 Å². The van der Waals surface area contributed by atoms with Crippen LogP contribution in [0.5, 0.6) is 0 Å². The minimum absolute atomic E-state index is 0.000483. The average Bonchev–Trinajstić information content (AvgIpc) is 3.53. The Balaban J connectivity index is 1.52.